The van der Waals surface area contributed by atoms with Crippen LogP contribution in [0.4, 0.5) is 11.4 Å². The third kappa shape index (κ3) is 3.15. The average molecular weight is 376 g/mol. The normalized spacial score (nSPS) is 13.6. The van der Waals surface area contributed by atoms with Gasteiger partial charge in [0.15, 0.2) is 5.69 Å². The Kier molecular flexibility index (Phi) is 4.63. The zero-order valence-corrected chi connectivity index (χ0v) is 16.4. The molecule has 3 aromatic rings. The van der Waals surface area contributed by atoms with Crippen LogP contribution in [0.25, 0.3) is 10.8 Å². The minimum absolute atomic E-state index is 0.136. The second-order valence-corrected chi connectivity index (χ2v) is 7.56. The Morgan fingerprint density at radius 2 is 1.89 bits per heavy atom. The fraction of sp³-hybridized carbons (Fsp3) is 0.318. The Hall–Kier alpha value is -3.15. The van der Waals surface area contributed by atoms with E-state index in [0.29, 0.717) is 10.8 Å². The second kappa shape index (κ2) is 7.11. The van der Waals surface area contributed by atoms with E-state index in [1.807, 2.05) is 38.1 Å². The zero-order valence-electron chi connectivity index (χ0n) is 16.4. The standard InChI is InChI=1S/C22H24N4O2/c1-14(2)26-22(28)18-9-5-4-8-17(18)20(24-26)21(27)23-16-10-11-19-15(13-16)7-6-12-25(19)3/h4-5,8-11,13-14H,6-7,12H2,1-3H3,(H,23,27). The maximum absolute atomic E-state index is 13.0. The SMILES string of the molecule is CC(C)n1nc(C(=O)Nc2ccc3c(c2)CCCN3C)c2ccccc2c1=O. The molecule has 6 nitrogen and oxygen atoms in total. The molecule has 0 atom stereocenters. The molecule has 4 rings (SSSR count). The Bertz CT molecular complexity index is 1120. The average Bonchev–Trinajstić information content (AvgIpc) is 2.68. The van der Waals surface area contributed by atoms with Crippen LogP contribution in [-0.4, -0.2) is 29.3 Å². The van der Waals surface area contributed by atoms with Crippen LogP contribution in [0.5, 0.6) is 0 Å². The highest BCUT2D eigenvalue weighted by atomic mass is 16.2. The lowest BCUT2D eigenvalue weighted by molar-refractivity contribution is 0.102. The number of nitrogens with zero attached hydrogens (tertiary/aromatic N) is 3. The largest absolute Gasteiger partial charge is 0.374 e. The molecule has 0 bridgehead atoms. The lowest BCUT2D eigenvalue weighted by Crippen LogP contribution is -2.29. The van der Waals surface area contributed by atoms with Gasteiger partial charge in [-0.1, -0.05) is 18.2 Å². The summed E-state index contributed by atoms with van der Waals surface area (Å²) in [5, 5.41) is 8.42. The summed E-state index contributed by atoms with van der Waals surface area (Å²) in [6.45, 7) is 4.81. The van der Waals surface area contributed by atoms with Gasteiger partial charge in [-0.15, -0.1) is 0 Å². The van der Waals surface area contributed by atoms with Crippen molar-refractivity contribution in [3.05, 3.63) is 64.1 Å². The first-order valence-corrected chi connectivity index (χ1v) is 9.62. The third-order valence-corrected chi connectivity index (χ3v) is 5.22. The minimum atomic E-state index is -0.310. The molecule has 0 fully saturated rings. The van der Waals surface area contributed by atoms with E-state index < -0.39 is 0 Å². The smallest absolute Gasteiger partial charge is 0.276 e. The maximum Gasteiger partial charge on any atom is 0.276 e. The first-order chi connectivity index (χ1) is 13.5. The van der Waals surface area contributed by atoms with Crippen molar-refractivity contribution in [3.8, 4) is 0 Å². The molecular formula is C22H24N4O2. The molecule has 144 valence electrons. The summed E-state index contributed by atoms with van der Waals surface area (Å²) in [6, 6.07) is 13.0. The van der Waals surface area contributed by atoms with Crippen molar-refractivity contribution in [3.63, 3.8) is 0 Å². The molecule has 1 N–H and O–H groups in total. The number of carbonyl (C=O) groups is 1. The van der Waals surface area contributed by atoms with Gasteiger partial charge in [-0.2, -0.15) is 5.10 Å². The first-order valence-electron chi connectivity index (χ1n) is 9.62. The van der Waals surface area contributed by atoms with Gasteiger partial charge >= 0.3 is 0 Å². The molecule has 0 aliphatic carbocycles. The predicted molar refractivity (Wildman–Crippen MR) is 112 cm³/mol. The van der Waals surface area contributed by atoms with Crippen LogP contribution in [0, 0.1) is 0 Å². The van der Waals surface area contributed by atoms with Gasteiger partial charge in [-0.05, 0) is 56.5 Å². The number of hydrogen-bond acceptors (Lipinski definition) is 4. The highest BCUT2D eigenvalue weighted by Gasteiger charge is 2.19. The number of fused-ring (bicyclic) bond motifs is 2. The van der Waals surface area contributed by atoms with Crippen molar-refractivity contribution in [2.75, 3.05) is 23.8 Å². The molecule has 0 saturated heterocycles. The molecular weight excluding hydrogens is 352 g/mol. The van der Waals surface area contributed by atoms with Gasteiger partial charge in [0.25, 0.3) is 11.5 Å². The number of amides is 1. The molecule has 0 saturated carbocycles. The number of carbonyl (C=O) groups excluding carboxylic acids is 1. The highest BCUT2D eigenvalue weighted by Crippen LogP contribution is 2.29. The zero-order chi connectivity index (χ0) is 19.8. The summed E-state index contributed by atoms with van der Waals surface area (Å²) in [5.41, 5.74) is 3.27. The molecule has 6 heteroatoms. The summed E-state index contributed by atoms with van der Waals surface area (Å²) >= 11 is 0. The van der Waals surface area contributed by atoms with Crippen molar-refractivity contribution in [2.24, 2.45) is 0 Å². The maximum atomic E-state index is 13.0. The van der Waals surface area contributed by atoms with Gasteiger partial charge in [0.05, 0.1) is 11.4 Å². The molecule has 0 unspecified atom stereocenters. The van der Waals surface area contributed by atoms with E-state index in [2.05, 4.69) is 22.4 Å². The van der Waals surface area contributed by atoms with Crippen molar-refractivity contribution in [1.29, 1.82) is 0 Å². The van der Waals surface area contributed by atoms with E-state index in [4.69, 9.17) is 0 Å². The topological polar surface area (TPSA) is 67.2 Å². The van der Waals surface area contributed by atoms with Gasteiger partial charge in [0.2, 0.25) is 0 Å². The summed E-state index contributed by atoms with van der Waals surface area (Å²) in [7, 11) is 2.08. The number of rotatable bonds is 3. The van der Waals surface area contributed by atoms with E-state index in [-0.39, 0.29) is 23.2 Å². The van der Waals surface area contributed by atoms with Crippen LogP contribution in [0.1, 0.15) is 42.4 Å². The minimum Gasteiger partial charge on any atom is -0.374 e. The number of nitrogens with one attached hydrogen (secondary N) is 1. The number of aryl methyl sites for hydroxylation is 1. The Labute approximate surface area is 163 Å². The quantitative estimate of drug-likeness (QED) is 0.758. The molecule has 1 amide bonds. The van der Waals surface area contributed by atoms with Crippen LogP contribution in [0.3, 0.4) is 0 Å². The number of anilines is 2. The van der Waals surface area contributed by atoms with Crippen molar-refractivity contribution in [1.82, 2.24) is 9.78 Å². The molecule has 1 aliphatic rings. The first kappa shape index (κ1) is 18.2. The molecule has 1 aromatic heterocycles. The van der Waals surface area contributed by atoms with Crippen LogP contribution >= 0.6 is 0 Å². The molecule has 0 spiro atoms. The van der Waals surface area contributed by atoms with E-state index in [0.717, 1.165) is 25.1 Å². The molecule has 0 radical (unpaired) electrons. The van der Waals surface area contributed by atoms with E-state index >= 15 is 0 Å². The third-order valence-electron chi connectivity index (χ3n) is 5.22. The fourth-order valence-electron chi connectivity index (χ4n) is 3.78. The fourth-order valence-corrected chi connectivity index (χ4v) is 3.78. The van der Waals surface area contributed by atoms with Crippen LogP contribution < -0.4 is 15.8 Å². The number of hydrogen-bond donors (Lipinski definition) is 1. The summed E-state index contributed by atoms with van der Waals surface area (Å²) < 4.78 is 1.37. The summed E-state index contributed by atoms with van der Waals surface area (Å²) in [4.78, 5) is 27.9. The van der Waals surface area contributed by atoms with Crippen LogP contribution in [0.15, 0.2) is 47.3 Å². The van der Waals surface area contributed by atoms with E-state index in [1.54, 1.807) is 18.2 Å². The van der Waals surface area contributed by atoms with Gasteiger partial charge in [0, 0.05) is 30.4 Å². The van der Waals surface area contributed by atoms with E-state index in [9.17, 15) is 9.59 Å². The predicted octanol–water partition coefficient (Wildman–Crippen LogP) is 3.61. The monoisotopic (exact) mass is 376 g/mol. The Balaban J connectivity index is 1.74. The van der Waals surface area contributed by atoms with Crippen molar-refractivity contribution < 1.29 is 4.79 Å². The van der Waals surface area contributed by atoms with Crippen LogP contribution in [0.2, 0.25) is 0 Å². The highest BCUT2D eigenvalue weighted by molar-refractivity contribution is 6.11. The lowest BCUT2D eigenvalue weighted by Gasteiger charge is -2.27. The van der Waals surface area contributed by atoms with Gasteiger partial charge < -0.3 is 10.2 Å². The summed E-state index contributed by atoms with van der Waals surface area (Å²) in [6.07, 6.45) is 2.11. The number of benzene rings is 2. The Morgan fingerprint density at radius 3 is 2.64 bits per heavy atom. The van der Waals surface area contributed by atoms with Gasteiger partial charge in [-0.3, -0.25) is 9.59 Å². The van der Waals surface area contributed by atoms with Gasteiger partial charge in [0.1, 0.15) is 0 Å². The van der Waals surface area contributed by atoms with Crippen molar-refractivity contribution >= 4 is 28.1 Å². The van der Waals surface area contributed by atoms with Crippen molar-refractivity contribution in [2.45, 2.75) is 32.7 Å². The lowest BCUT2D eigenvalue weighted by atomic mass is 10.0. The molecule has 28 heavy (non-hydrogen) atoms. The van der Waals surface area contributed by atoms with Gasteiger partial charge in [-0.25, -0.2) is 4.68 Å². The van der Waals surface area contributed by atoms with Crippen LogP contribution in [-0.2, 0) is 6.42 Å². The number of aromatic nitrogens is 2. The molecule has 2 aromatic carbocycles. The van der Waals surface area contributed by atoms with E-state index in [1.165, 1.54) is 15.9 Å². The molecule has 2 heterocycles. The molecule has 1 aliphatic heterocycles. The second-order valence-electron chi connectivity index (χ2n) is 7.56. The summed E-state index contributed by atoms with van der Waals surface area (Å²) in [5.74, 6) is -0.310. The Morgan fingerprint density at radius 1 is 1.14 bits per heavy atom.